The van der Waals surface area contributed by atoms with E-state index in [1.165, 1.54) is 26.2 Å². The maximum Gasteiger partial charge on any atom is 0.346 e. The van der Waals surface area contributed by atoms with Crippen molar-refractivity contribution in [1.82, 2.24) is 0 Å². The second-order valence-electron chi connectivity index (χ2n) is 3.75. The van der Waals surface area contributed by atoms with Gasteiger partial charge in [-0.1, -0.05) is 6.07 Å². The highest BCUT2D eigenvalue weighted by atomic mass is 19.1. The zero-order valence-electron chi connectivity index (χ0n) is 10.1. The Morgan fingerprint density at radius 3 is 2.59 bits per heavy atom. The highest BCUT2D eigenvalue weighted by molar-refractivity contribution is 5.74. The number of esters is 1. The largest absolute Gasteiger partial charge is 0.479 e. The summed E-state index contributed by atoms with van der Waals surface area (Å²) in [5, 5.41) is 0. The molecule has 17 heavy (non-hydrogen) atoms. The highest BCUT2D eigenvalue weighted by Gasteiger charge is 2.18. The fraction of sp³-hybridized carbons (Fsp3) is 0.417. The number of carbonyl (C=O) groups is 1. The van der Waals surface area contributed by atoms with Crippen LogP contribution in [0, 0.1) is 5.82 Å². The molecule has 2 atom stereocenters. The van der Waals surface area contributed by atoms with Gasteiger partial charge in [0.15, 0.2) is 6.10 Å². The van der Waals surface area contributed by atoms with E-state index in [1.807, 2.05) is 0 Å². The van der Waals surface area contributed by atoms with Crippen LogP contribution in [0.5, 0.6) is 5.75 Å². The van der Waals surface area contributed by atoms with Crippen molar-refractivity contribution in [2.24, 2.45) is 5.73 Å². The average molecular weight is 241 g/mol. The number of carbonyl (C=O) groups excluding carboxylic acids is 1. The standard InChI is InChI=1S/C12H16FNO3/c1-7(14)10-5-4-9(13)6-11(10)17-8(2)12(15)16-3/h4-8H,14H2,1-3H3/t7-,8?/m0/s1. The molecule has 0 saturated heterocycles. The third-order valence-corrected chi connectivity index (χ3v) is 2.30. The molecule has 0 aliphatic rings. The Labute approximate surface area is 99.5 Å². The van der Waals surface area contributed by atoms with E-state index < -0.39 is 17.9 Å². The van der Waals surface area contributed by atoms with Gasteiger partial charge in [-0.15, -0.1) is 0 Å². The number of benzene rings is 1. The molecule has 0 bridgehead atoms. The van der Waals surface area contributed by atoms with E-state index in [4.69, 9.17) is 10.5 Å². The monoisotopic (exact) mass is 241 g/mol. The molecule has 4 nitrogen and oxygen atoms in total. The molecule has 1 rings (SSSR count). The van der Waals surface area contributed by atoms with Gasteiger partial charge in [-0.25, -0.2) is 9.18 Å². The Bertz CT molecular complexity index is 407. The van der Waals surface area contributed by atoms with Gasteiger partial charge in [0.1, 0.15) is 11.6 Å². The maximum atomic E-state index is 13.1. The first-order valence-electron chi connectivity index (χ1n) is 5.25. The van der Waals surface area contributed by atoms with Crippen LogP contribution in [0.3, 0.4) is 0 Å². The molecule has 0 spiro atoms. The summed E-state index contributed by atoms with van der Waals surface area (Å²) in [6.07, 6.45) is -0.806. The van der Waals surface area contributed by atoms with E-state index in [1.54, 1.807) is 13.0 Å². The molecule has 0 aliphatic carbocycles. The molecule has 0 aromatic heterocycles. The first-order valence-corrected chi connectivity index (χ1v) is 5.25. The lowest BCUT2D eigenvalue weighted by molar-refractivity contribution is -0.147. The van der Waals surface area contributed by atoms with Crippen molar-refractivity contribution in [3.05, 3.63) is 29.6 Å². The van der Waals surface area contributed by atoms with Gasteiger partial charge in [-0.3, -0.25) is 0 Å². The quantitative estimate of drug-likeness (QED) is 0.816. The summed E-state index contributed by atoms with van der Waals surface area (Å²) in [6, 6.07) is 3.74. The summed E-state index contributed by atoms with van der Waals surface area (Å²) in [4.78, 5) is 11.2. The van der Waals surface area contributed by atoms with Crippen molar-refractivity contribution in [2.45, 2.75) is 26.0 Å². The Balaban J connectivity index is 2.96. The van der Waals surface area contributed by atoms with Crippen LogP contribution in [-0.4, -0.2) is 19.2 Å². The zero-order chi connectivity index (χ0) is 13.0. The van der Waals surface area contributed by atoms with E-state index >= 15 is 0 Å². The summed E-state index contributed by atoms with van der Waals surface area (Å²) < 4.78 is 23.0. The summed E-state index contributed by atoms with van der Waals surface area (Å²) >= 11 is 0. The second kappa shape index (κ2) is 5.63. The molecule has 0 amide bonds. The van der Waals surface area contributed by atoms with Crippen molar-refractivity contribution in [2.75, 3.05) is 7.11 Å². The predicted octanol–water partition coefficient (Wildman–Crippen LogP) is 1.79. The molecule has 0 fully saturated rings. The summed E-state index contributed by atoms with van der Waals surface area (Å²) in [5.74, 6) is -0.704. The molecular formula is C12H16FNO3. The molecule has 1 aromatic carbocycles. The average Bonchev–Trinajstić information content (AvgIpc) is 2.27. The minimum atomic E-state index is -0.806. The lowest BCUT2D eigenvalue weighted by atomic mass is 10.1. The van der Waals surface area contributed by atoms with Gasteiger partial charge in [0, 0.05) is 17.7 Å². The van der Waals surface area contributed by atoms with Crippen molar-refractivity contribution in [1.29, 1.82) is 0 Å². The van der Waals surface area contributed by atoms with Crippen LogP contribution in [0.1, 0.15) is 25.5 Å². The molecule has 0 heterocycles. The van der Waals surface area contributed by atoms with Gasteiger partial charge >= 0.3 is 5.97 Å². The molecule has 2 N–H and O–H groups in total. The van der Waals surface area contributed by atoms with Gasteiger partial charge in [0.25, 0.3) is 0 Å². The molecule has 5 heteroatoms. The number of hydrogen-bond donors (Lipinski definition) is 1. The zero-order valence-corrected chi connectivity index (χ0v) is 10.1. The van der Waals surface area contributed by atoms with Crippen LogP contribution < -0.4 is 10.5 Å². The van der Waals surface area contributed by atoms with Gasteiger partial charge in [0.2, 0.25) is 0 Å². The number of hydrogen-bond acceptors (Lipinski definition) is 4. The molecule has 1 aromatic rings. The number of rotatable bonds is 4. The maximum absolute atomic E-state index is 13.1. The van der Waals surface area contributed by atoms with E-state index in [0.29, 0.717) is 5.56 Å². The van der Waals surface area contributed by atoms with Crippen LogP contribution >= 0.6 is 0 Å². The van der Waals surface area contributed by atoms with Crippen molar-refractivity contribution < 1.29 is 18.7 Å². The van der Waals surface area contributed by atoms with Crippen LogP contribution in [0.4, 0.5) is 4.39 Å². The first-order chi connectivity index (χ1) is 7.95. The smallest absolute Gasteiger partial charge is 0.346 e. The second-order valence-corrected chi connectivity index (χ2v) is 3.75. The number of methoxy groups -OCH3 is 1. The van der Waals surface area contributed by atoms with E-state index in [-0.39, 0.29) is 11.8 Å². The fourth-order valence-corrected chi connectivity index (χ4v) is 1.39. The van der Waals surface area contributed by atoms with E-state index in [9.17, 15) is 9.18 Å². The number of nitrogens with two attached hydrogens (primary N) is 1. The van der Waals surface area contributed by atoms with Crippen molar-refractivity contribution in [3.63, 3.8) is 0 Å². The Hall–Kier alpha value is -1.62. The minimum absolute atomic E-state index is 0.262. The summed E-state index contributed by atoms with van der Waals surface area (Å²) in [5.41, 5.74) is 6.37. The van der Waals surface area contributed by atoms with Gasteiger partial charge in [-0.2, -0.15) is 0 Å². The Morgan fingerprint density at radius 1 is 1.41 bits per heavy atom. The Kier molecular flexibility index (Phi) is 4.45. The molecule has 1 unspecified atom stereocenters. The molecule has 94 valence electrons. The van der Waals surface area contributed by atoms with Crippen molar-refractivity contribution in [3.8, 4) is 5.75 Å². The molecule has 0 radical (unpaired) electrons. The van der Waals surface area contributed by atoms with Crippen LogP contribution in [0.25, 0.3) is 0 Å². The van der Waals surface area contributed by atoms with E-state index in [0.717, 1.165) is 0 Å². The fourth-order valence-electron chi connectivity index (χ4n) is 1.39. The van der Waals surface area contributed by atoms with Crippen molar-refractivity contribution >= 4 is 5.97 Å². The van der Waals surface area contributed by atoms with Gasteiger partial charge in [-0.05, 0) is 19.9 Å². The SMILES string of the molecule is COC(=O)C(C)Oc1cc(F)ccc1[C@H](C)N. The van der Waals surface area contributed by atoms with E-state index in [2.05, 4.69) is 4.74 Å². The molecular weight excluding hydrogens is 225 g/mol. The molecule has 0 saturated carbocycles. The topological polar surface area (TPSA) is 61.5 Å². The third kappa shape index (κ3) is 3.42. The predicted molar refractivity (Wildman–Crippen MR) is 61.1 cm³/mol. The third-order valence-electron chi connectivity index (χ3n) is 2.30. The van der Waals surface area contributed by atoms with Crippen LogP contribution in [0.2, 0.25) is 0 Å². The lowest BCUT2D eigenvalue weighted by Crippen LogP contribution is -2.25. The highest BCUT2D eigenvalue weighted by Crippen LogP contribution is 2.25. The summed E-state index contributed by atoms with van der Waals surface area (Å²) in [7, 11) is 1.26. The molecule has 0 aliphatic heterocycles. The van der Waals surface area contributed by atoms with Crippen LogP contribution in [-0.2, 0) is 9.53 Å². The van der Waals surface area contributed by atoms with Gasteiger partial charge in [0.05, 0.1) is 7.11 Å². The number of halogens is 1. The van der Waals surface area contributed by atoms with Gasteiger partial charge < -0.3 is 15.2 Å². The van der Waals surface area contributed by atoms with Crippen LogP contribution in [0.15, 0.2) is 18.2 Å². The summed E-state index contributed by atoms with van der Waals surface area (Å²) in [6.45, 7) is 3.28. The number of ether oxygens (including phenoxy) is 2. The first kappa shape index (κ1) is 13.4. The minimum Gasteiger partial charge on any atom is -0.479 e. The lowest BCUT2D eigenvalue weighted by Gasteiger charge is -2.17. The Morgan fingerprint density at radius 2 is 2.06 bits per heavy atom. The normalized spacial score (nSPS) is 13.9.